The molecular formula is C23H34IN5O. The van der Waals surface area contributed by atoms with E-state index in [1.807, 2.05) is 38.3 Å². The van der Waals surface area contributed by atoms with Gasteiger partial charge in [0.15, 0.2) is 5.96 Å². The summed E-state index contributed by atoms with van der Waals surface area (Å²) in [5.74, 6) is 2.18. The Labute approximate surface area is 197 Å². The van der Waals surface area contributed by atoms with E-state index in [0.717, 1.165) is 37.8 Å². The summed E-state index contributed by atoms with van der Waals surface area (Å²) in [6.07, 6.45) is 4.23. The van der Waals surface area contributed by atoms with Crippen molar-refractivity contribution in [3.63, 3.8) is 0 Å². The van der Waals surface area contributed by atoms with Gasteiger partial charge in [0.05, 0.1) is 6.10 Å². The van der Waals surface area contributed by atoms with Crippen molar-refractivity contribution in [2.75, 3.05) is 39.2 Å². The Morgan fingerprint density at radius 1 is 1.20 bits per heavy atom. The number of halogens is 1. The summed E-state index contributed by atoms with van der Waals surface area (Å²) < 4.78 is 6.14. The predicted octanol–water partition coefficient (Wildman–Crippen LogP) is 3.91. The van der Waals surface area contributed by atoms with E-state index in [9.17, 15) is 0 Å². The van der Waals surface area contributed by atoms with E-state index in [2.05, 4.69) is 57.9 Å². The van der Waals surface area contributed by atoms with Gasteiger partial charge in [0.25, 0.3) is 0 Å². The Balaban J connectivity index is 0.00000320. The molecule has 0 amide bonds. The normalized spacial score (nSPS) is 19.0. The SMILES string of the molecule is CN=C(NCc1ccnc(N(C)C)c1)NCC1CCCOC1c1ccc(C)cc1.I. The smallest absolute Gasteiger partial charge is 0.191 e. The van der Waals surface area contributed by atoms with Gasteiger partial charge < -0.3 is 20.3 Å². The number of benzene rings is 1. The van der Waals surface area contributed by atoms with Crippen LogP contribution in [0, 0.1) is 12.8 Å². The predicted molar refractivity (Wildman–Crippen MR) is 135 cm³/mol. The monoisotopic (exact) mass is 523 g/mol. The average molecular weight is 523 g/mol. The molecule has 7 heteroatoms. The van der Waals surface area contributed by atoms with Crippen molar-refractivity contribution in [2.45, 2.75) is 32.4 Å². The maximum Gasteiger partial charge on any atom is 0.191 e. The van der Waals surface area contributed by atoms with Gasteiger partial charge in [-0.3, -0.25) is 4.99 Å². The number of pyridine rings is 1. The van der Waals surface area contributed by atoms with Crippen LogP contribution in [-0.4, -0.2) is 45.2 Å². The van der Waals surface area contributed by atoms with E-state index < -0.39 is 0 Å². The van der Waals surface area contributed by atoms with Gasteiger partial charge in [0, 0.05) is 53.0 Å². The van der Waals surface area contributed by atoms with E-state index in [0.29, 0.717) is 12.5 Å². The topological polar surface area (TPSA) is 61.8 Å². The summed E-state index contributed by atoms with van der Waals surface area (Å²) >= 11 is 0. The summed E-state index contributed by atoms with van der Waals surface area (Å²) in [4.78, 5) is 10.8. The lowest BCUT2D eigenvalue weighted by atomic mass is 9.89. The van der Waals surface area contributed by atoms with Crippen molar-refractivity contribution < 1.29 is 4.74 Å². The summed E-state index contributed by atoms with van der Waals surface area (Å²) in [6.45, 7) is 4.48. The second kappa shape index (κ2) is 12.1. The minimum Gasteiger partial charge on any atom is -0.373 e. The lowest BCUT2D eigenvalue weighted by Gasteiger charge is -2.32. The highest BCUT2D eigenvalue weighted by atomic mass is 127. The third-order valence-corrected chi connectivity index (χ3v) is 5.33. The fourth-order valence-electron chi connectivity index (χ4n) is 3.63. The third-order valence-electron chi connectivity index (χ3n) is 5.33. The van der Waals surface area contributed by atoms with E-state index in [-0.39, 0.29) is 30.1 Å². The first-order chi connectivity index (χ1) is 14.1. The second-order valence-corrected chi connectivity index (χ2v) is 7.83. The van der Waals surface area contributed by atoms with Gasteiger partial charge in [0.1, 0.15) is 5.82 Å². The average Bonchev–Trinajstić information content (AvgIpc) is 2.75. The van der Waals surface area contributed by atoms with Crippen LogP contribution in [0.5, 0.6) is 0 Å². The number of hydrogen-bond acceptors (Lipinski definition) is 4. The molecule has 6 nitrogen and oxygen atoms in total. The fraction of sp³-hybridized carbons (Fsp3) is 0.478. The Hall–Kier alpha value is -1.87. The van der Waals surface area contributed by atoms with Crippen molar-refractivity contribution >= 4 is 35.8 Å². The van der Waals surface area contributed by atoms with Gasteiger partial charge in [-0.05, 0) is 43.0 Å². The number of aromatic nitrogens is 1. The molecule has 0 aliphatic carbocycles. The zero-order valence-electron chi connectivity index (χ0n) is 18.4. The van der Waals surface area contributed by atoms with E-state index in [4.69, 9.17) is 4.74 Å². The zero-order valence-corrected chi connectivity index (χ0v) is 20.7. The molecule has 1 fully saturated rings. The van der Waals surface area contributed by atoms with Gasteiger partial charge in [0.2, 0.25) is 0 Å². The van der Waals surface area contributed by atoms with Crippen molar-refractivity contribution in [1.82, 2.24) is 15.6 Å². The van der Waals surface area contributed by atoms with Crippen LogP contribution in [0.3, 0.4) is 0 Å². The molecule has 1 aliphatic rings. The van der Waals surface area contributed by atoms with Crippen molar-refractivity contribution in [3.8, 4) is 0 Å². The van der Waals surface area contributed by atoms with E-state index in [1.165, 1.54) is 16.7 Å². The van der Waals surface area contributed by atoms with Crippen LogP contribution in [0.1, 0.15) is 35.6 Å². The highest BCUT2D eigenvalue weighted by Gasteiger charge is 2.27. The highest BCUT2D eigenvalue weighted by Crippen LogP contribution is 2.33. The minimum absolute atomic E-state index is 0. The van der Waals surface area contributed by atoms with Gasteiger partial charge in [-0.25, -0.2) is 4.98 Å². The first-order valence-corrected chi connectivity index (χ1v) is 10.3. The molecule has 1 aliphatic heterocycles. The van der Waals surface area contributed by atoms with Crippen molar-refractivity contribution in [3.05, 3.63) is 59.3 Å². The number of nitrogens with zero attached hydrogens (tertiary/aromatic N) is 3. The van der Waals surface area contributed by atoms with Crippen LogP contribution in [0.2, 0.25) is 0 Å². The Bertz CT molecular complexity index is 809. The number of anilines is 1. The number of guanidine groups is 1. The van der Waals surface area contributed by atoms with Crippen molar-refractivity contribution in [2.24, 2.45) is 10.9 Å². The molecule has 2 N–H and O–H groups in total. The molecule has 0 spiro atoms. The van der Waals surface area contributed by atoms with Gasteiger partial charge in [-0.2, -0.15) is 0 Å². The summed E-state index contributed by atoms with van der Waals surface area (Å²) in [5, 5.41) is 6.90. The molecule has 0 saturated carbocycles. The number of ether oxygens (including phenoxy) is 1. The van der Waals surface area contributed by atoms with E-state index in [1.54, 1.807) is 0 Å². The van der Waals surface area contributed by atoms with Crippen LogP contribution in [0.4, 0.5) is 5.82 Å². The number of hydrogen-bond donors (Lipinski definition) is 2. The Kier molecular flexibility index (Phi) is 9.84. The summed E-state index contributed by atoms with van der Waals surface area (Å²) in [7, 11) is 5.80. The molecule has 2 aromatic rings. The van der Waals surface area contributed by atoms with E-state index >= 15 is 0 Å². The maximum atomic E-state index is 6.14. The number of aryl methyl sites for hydroxylation is 1. The lowest BCUT2D eigenvalue weighted by molar-refractivity contribution is -0.0265. The molecule has 2 unspecified atom stereocenters. The van der Waals surface area contributed by atoms with Crippen LogP contribution in [0.25, 0.3) is 0 Å². The molecular weight excluding hydrogens is 489 g/mol. The molecule has 1 aromatic heterocycles. The summed E-state index contributed by atoms with van der Waals surface area (Å²) in [5.41, 5.74) is 3.71. The van der Waals surface area contributed by atoms with Gasteiger partial charge in [-0.1, -0.05) is 29.8 Å². The quantitative estimate of drug-likeness (QED) is 0.342. The van der Waals surface area contributed by atoms with Crippen LogP contribution < -0.4 is 15.5 Å². The molecule has 0 bridgehead atoms. The van der Waals surface area contributed by atoms with Crippen LogP contribution >= 0.6 is 24.0 Å². The zero-order chi connectivity index (χ0) is 20.6. The second-order valence-electron chi connectivity index (χ2n) is 7.83. The molecule has 3 rings (SSSR count). The first kappa shape index (κ1) is 24.4. The Morgan fingerprint density at radius 2 is 1.97 bits per heavy atom. The number of aliphatic imine (C=N–C) groups is 1. The first-order valence-electron chi connectivity index (χ1n) is 10.3. The Morgan fingerprint density at radius 3 is 2.67 bits per heavy atom. The van der Waals surface area contributed by atoms with Crippen LogP contribution in [-0.2, 0) is 11.3 Å². The molecule has 164 valence electrons. The largest absolute Gasteiger partial charge is 0.373 e. The summed E-state index contributed by atoms with van der Waals surface area (Å²) in [6, 6.07) is 12.8. The van der Waals surface area contributed by atoms with Gasteiger partial charge in [-0.15, -0.1) is 24.0 Å². The molecule has 30 heavy (non-hydrogen) atoms. The lowest BCUT2D eigenvalue weighted by Crippen LogP contribution is -2.41. The number of rotatable bonds is 6. The van der Waals surface area contributed by atoms with Gasteiger partial charge >= 0.3 is 0 Å². The molecule has 2 heterocycles. The third kappa shape index (κ3) is 6.84. The molecule has 2 atom stereocenters. The molecule has 0 radical (unpaired) electrons. The standard InChI is InChI=1S/C23H33N5O.HI/c1-17-7-9-19(10-8-17)22-20(6-5-13-29-22)16-27-23(24-2)26-15-18-11-12-25-21(14-18)28(3)4;/h7-12,14,20,22H,5-6,13,15-16H2,1-4H3,(H2,24,26,27);1H. The van der Waals surface area contributed by atoms with Crippen molar-refractivity contribution in [1.29, 1.82) is 0 Å². The fourth-order valence-corrected chi connectivity index (χ4v) is 3.63. The maximum absolute atomic E-state index is 6.14. The molecule has 1 aromatic carbocycles. The molecule has 1 saturated heterocycles. The number of nitrogens with one attached hydrogen (secondary N) is 2. The van der Waals surface area contributed by atoms with Crippen LogP contribution in [0.15, 0.2) is 47.6 Å². The highest BCUT2D eigenvalue weighted by molar-refractivity contribution is 14.0. The minimum atomic E-state index is 0.